The van der Waals surface area contributed by atoms with Gasteiger partial charge < -0.3 is 24.8 Å². The molecule has 1 aromatic rings. The lowest BCUT2D eigenvalue weighted by Gasteiger charge is -2.30. The number of amides is 2. The molecule has 26 heavy (non-hydrogen) atoms. The number of allylic oxidation sites excluding steroid dienone is 1. The van der Waals surface area contributed by atoms with E-state index in [0.717, 1.165) is 6.42 Å². The molecule has 0 saturated heterocycles. The first kappa shape index (κ1) is 19.9. The molecule has 0 spiro atoms. The van der Waals surface area contributed by atoms with Gasteiger partial charge in [0.05, 0.1) is 37.5 Å². The Balaban J connectivity index is 2.62. The number of halogens is 1. The van der Waals surface area contributed by atoms with Gasteiger partial charge >= 0.3 is 12.0 Å². The summed E-state index contributed by atoms with van der Waals surface area (Å²) in [5.41, 5.74) is 1.39. The normalized spacial score (nSPS) is 16.7. The lowest BCUT2D eigenvalue weighted by molar-refractivity contribution is -0.139. The molecule has 8 heteroatoms. The second-order valence-corrected chi connectivity index (χ2v) is 5.98. The van der Waals surface area contributed by atoms with Crippen LogP contribution < -0.4 is 20.1 Å². The van der Waals surface area contributed by atoms with Crippen molar-refractivity contribution in [2.45, 2.75) is 32.7 Å². The van der Waals surface area contributed by atoms with Crippen LogP contribution in [0.3, 0.4) is 0 Å². The van der Waals surface area contributed by atoms with Crippen LogP contribution in [0.5, 0.6) is 11.5 Å². The first-order valence-corrected chi connectivity index (χ1v) is 8.74. The van der Waals surface area contributed by atoms with E-state index in [4.69, 9.17) is 25.8 Å². The largest absolute Gasteiger partial charge is 0.493 e. The van der Waals surface area contributed by atoms with Gasteiger partial charge in [0.15, 0.2) is 11.5 Å². The molecule has 0 aromatic heterocycles. The predicted molar refractivity (Wildman–Crippen MR) is 97.5 cm³/mol. The van der Waals surface area contributed by atoms with Gasteiger partial charge in [0.25, 0.3) is 0 Å². The fourth-order valence-electron chi connectivity index (χ4n) is 2.88. The molecule has 1 unspecified atom stereocenters. The van der Waals surface area contributed by atoms with E-state index in [9.17, 15) is 9.59 Å². The minimum atomic E-state index is -0.753. The van der Waals surface area contributed by atoms with Crippen LogP contribution in [0.4, 0.5) is 4.79 Å². The van der Waals surface area contributed by atoms with Crippen molar-refractivity contribution in [3.63, 3.8) is 0 Å². The van der Waals surface area contributed by atoms with Crippen molar-refractivity contribution in [2.24, 2.45) is 0 Å². The smallest absolute Gasteiger partial charge is 0.338 e. The molecule has 1 aliphatic heterocycles. The summed E-state index contributed by atoms with van der Waals surface area (Å²) in [6.45, 7) is 3.91. The number of carbonyl (C=O) groups is 2. The number of nitrogens with one attached hydrogen (secondary N) is 2. The van der Waals surface area contributed by atoms with E-state index in [1.54, 1.807) is 19.1 Å². The third-order valence-electron chi connectivity index (χ3n) is 3.97. The molecular weight excluding hydrogens is 360 g/mol. The van der Waals surface area contributed by atoms with Crippen molar-refractivity contribution in [3.05, 3.63) is 34.0 Å². The molecule has 1 aliphatic rings. The molecule has 1 heterocycles. The van der Waals surface area contributed by atoms with Crippen molar-refractivity contribution in [1.82, 2.24) is 10.6 Å². The van der Waals surface area contributed by atoms with E-state index in [2.05, 4.69) is 10.6 Å². The van der Waals surface area contributed by atoms with E-state index < -0.39 is 18.0 Å². The van der Waals surface area contributed by atoms with Crippen LogP contribution in [-0.2, 0) is 9.53 Å². The highest BCUT2D eigenvalue weighted by atomic mass is 35.5. The molecule has 0 aliphatic carbocycles. The Kier molecular flexibility index (Phi) is 6.74. The van der Waals surface area contributed by atoms with Crippen LogP contribution in [0.1, 0.15) is 38.3 Å². The van der Waals surface area contributed by atoms with E-state index in [-0.39, 0.29) is 11.6 Å². The van der Waals surface area contributed by atoms with Gasteiger partial charge in [-0.25, -0.2) is 9.59 Å². The highest BCUT2D eigenvalue weighted by Gasteiger charge is 2.35. The van der Waals surface area contributed by atoms with Crippen molar-refractivity contribution >= 4 is 23.6 Å². The summed E-state index contributed by atoms with van der Waals surface area (Å²) in [6, 6.07) is 2.22. The van der Waals surface area contributed by atoms with Gasteiger partial charge in [0.2, 0.25) is 0 Å². The number of urea groups is 1. The van der Waals surface area contributed by atoms with Crippen molar-refractivity contribution in [2.75, 3.05) is 20.8 Å². The van der Waals surface area contributed by atoms with E-state index in [0.29, 0.717) is 34.8 Å². The maximum Gasteiger partial charge on any atom is 0.338 e. The highest BCUT2D eigenvalue weighted by molar-refractivity contribution is 6.33. The average molecular weight is 383 g/mol. The van der Waals surface area contributed by atoms with Gasteiger partial charge in [-0.05, 0) is 19.4 Å². The Labute approximate surface area is 157 Å². The third kappa shape index (κ3) is 3.88. The summed E-state index contributed by atoms with van der Waals surface area (Å²) >= 11 is 6.49. The number of benzene rings is 1. The molecule has 7 nitrogen and oxygen atoms in total. The average Bonchev–Trinajstić information content (AvgIpc) is 2.61. The second-order valence-electron chi connectivity index (χ2n) is 5.60. The SMILES string of the molecule is CCCC1=C(C(=O)OCC)C(c2ccc(OC)c(OC)c2Cl)NC(=O)N1. The molecule has 2 N–H and O–H groups in total. The molecule has 2 rings (SSSR count). The zero-order valence-corrected chi connectivity index (χ0v) is 16.0. The number of rotatable bonds is 7. The van der Waals surface area contributed by atoms with Gasteiger partial charge in [-0.3, -0.25) is 0 Å². The first-order chi connectivity index (χ1) is 12.5. The van der Waals surface area contributed by atoms with Gasteiger partial charge in [0.1, 0.15) is 0 Å². The van der Waals surface area contributed by atoms with E-state index in [1.807, 2.05) is 6.92 Å². The zero-order chi connectivity index (χ0) is 19.3. The van der Waals surface area contributed by atoms with Gasteiger partial charge in [-0.15, -0.1) is 0 Å². The topological polar surface area (TPSA) is 85.9 Å². The van der Waals surface area contributed by atoms with Crippen LogP contribution >= 0.6 is 11.6 Å². The van der Waals surface area contributed by atoms with Crippen molar-refractivity contribution in [3.8, 4) is 11.5 Å². The molecule has 1 atom stereocenters. The number of hydrogen-bond donors (Lipinski definition) is 2. The summed E-state index contributed by atoms with van der Waals surface area (Å²) in [7, 11) is 2.97. The summed E-state index contributed by atoms with van der Waals surface area (Å²) in [5.74, 6) is 0.288. The molecule has 142 valence electrons. The Hall–Kier alpha value is -2.41. The standard InChI is InChI=1S/C18H23ClN2O5/c1-5-7-11-13(17(22)26-6-2)15(21-18(23)20-11)10-8-9-12(24-3)16(25-4)14(10)19/h8-9,15H,5-7H2,1-4H3,(H2,20,21,23). The summed E-state index contributed by atoms with van der Waals surface area (Å²) < 4.78 is 15.8. The molecule has 0 saturated carbocycles. The Bertz CT molecular complexity index is 733. The summed E-state index contributed by atoms with van der Waals surface area (Å²) in [5, 5.41) is 5.72. The Morgan fingerprint density at radius 3 is 2.54 bits per heavy atom. The minimum Gasteiger partial charge on any atom is -0.493 e. The highest BCUT2D eigenvalue weighted by Crippen LogP contribution is 2.42. The lowest BCUT2D eigenvalue weighted by Crippen LogP contribution is -2.46. The van der Waals surface area contributed by atoms with Crippen LogP contribution in [-0.4, -0.2) is 32.8 Å². The van der Waals surface area contributed by atoms with Gasteiger partial charge in [0, 0.05) is 11.3 Å². The van der Waals surface area contributed by atoms with Gasteiger partial charge in [-0.2, -0.15) is 0 Å². The van der Waals surface area contributed by atoms with E-state index >= 15 is 0 Å². The maximum atomic E-state index is 12.6. The molecular formula is C18H23ClN2O5. The Morgan fingerprint density at radius 2 is 1.96 bits per heavy atom. The number of hydrogen-bond acceptors (Lipinski definition) is 5. The van der Waals surface area contributed by atoms with Crippen molar-refractivity contribution in [1.29, 1.82) is 0 Å². The molecule has 0 fully saturated rings. The summed E-state index contributed by atoms with van der Waals surface area (Å²) in [4.78, 5) is 24.7. The minimum absolute atomic E-state index is 0.224. The summed E-state index contributed by atoms with van der Waals surface area (Å²) in [6.07, 6.45) is 1.29. The molecule has 2 amide bonds. The van der Waals surface area contributed by atoms with Crippen LogP contribution in [0, 0.1) is 0 Å². The quantitative estimate of drug-likeness (QED) is 0.706. The second kappa shape index (κ2) is 8.80. The van der Waals surface area contributed by atoms with Crippen molar-refractivity contribution < 1.29 is 23.8 Å². The van der Waals surface area contributed by atoms with Crippen LogP contribution in [0.25, 0.3) is 0 Å². The Morgan fingerprint density at radius 1 is 1.23 bits per heavy atom. The monoisotopic (exact) mass is 382 g/mol. The van der Waals surface area contributed by atoms with Crippen LogP contribution in [0.2, 0.25) is 5.02 Å². The molecule has 1 aromatic carbocycles. The molecule has 0 radical (unpaired) electrons. The zero-order valence-electron chi connectivity index (χ0n) is 15.3. The number of ether oxygens (including phenoxy) is 3. The first-order valence-electron chi connectivity index (χ1n) is 8.36. The lowest BCUT2D eigenvalue weighted by atomic mass is 9.93. The maximum absolute atomic E-state index is 12.6. The van der Waals surface area contributed by atoms with E-state index in [1.165, 1.54) is 14.2 Å². The predicted octanol–water partition coefficient (Wildman–Crippen LogP) is 3.33. The number of methoxy groups -OCH3 is 2. The molecule has 0 bridgehead atoms. The number of carbonyl (C=O) groups excluding carboxylic acids is 2. The fraction of sp³-hybridized carbons (Fsp3) is 0.444. The van der Waals surface area contributed by atoms with Gasteiger partial charge in [-0.1, -0.05) is 31.0 Å². The van der Waals surface area contributed by atoms with Crippen LogP contribution in [0.15, 0.2) is 23.4 Å². The third-order valence-corrected chi connectivity index (χ3v) is 4.36. The fourth-order valence-corrected chi connectivity index (χ4v) is 3.22. The number of esters is 1.